The van der Waals surface area contributed by atoms with E-state index in [1.54, 1.807) is 0 Å². The average Bonchev–Trinajstić information content (AvgIpc) is 2.88. The Morgan fingerprint density at radius 1 is 1.50 bits per heavy atom. The summed E-state index contributed by atoms with van der Waals surface area (Å²) in [5.41, 5.74) is 5.53. The minimum atomic E-state index is -0.515. The van der Waals surface area contributed by atoms with Crippen LogP contribution >= 0.6 is 0 Å². The zero-order chi connectivity index (χ0) is 13.4. The Hall–Kier alpha value is -1.30. The van der Waals surface area contributed by atoms with Crippen molar-refractivity contribution in [2.45, 2.75) is 32.6 Å². The maximum Gasteiger partial charge on any atom is 0.230 e. The van der Waals surface area contributed by atoms with Crippen LogP contribution in [0.4, 0.5) is 0 Å². The maximum absolute atomic E-state index is 11.9. The lowest BCUT2D eigenvalue weighted by atomic mass is 10.0. The maximum atomic E-state index is 11.9. The van der Waals surface area contributed by atoms with Gasteiger partial charge in [0.05, 0.1) is 5.92 Å². The number of hydrogen-bond acceptors (Lipinski definition) is 4. The van der Waals surface area contributed by atoms with Crippen LogP contribution in [0, 0.1) is 5.92 Å². The van der Waals surface area contributed by atoms with Gasteiger partial charge in [-0.3, -0.25) is 4.79 Å². The van der Waals surface area contributed by atoms with Crippen LogP contribution in [-0.4, -0.2) is 48.0 Å². The van der Waals surface area contributed by atoms with Crippen LogP contribution in [0.25, 0.3) is 0 Å². The fraction of sp³-hybridized carbons (Fsp3) is 0.833. The molecule has 1 amide bonds. The van der Waals surface area contributed by atoms with Crippen LogP contribution in [0.5, 0.6) is 0 Å². The number of likely N-dealkylation sites (tertiary alicyclic amines) is 1. The molecule has 0 saturated carbocycles. The van der Waals surface area contributed by atoms with E-state index in [1.807, 2.05) is 6.92 Å². The molecular formula is C12H24N4O2. The summed E-state index contributed by atoms with van der Waals surface area (Å²) in [6.45, 7) is 5.71. The first-order valence-electron chi connectivity index (χ1n) is 6.66. The van der Waals surface area contributed by atoms with Crippen molar-refractivity contribution in [2.75, 3.05) is 26.2 Å². The lowest BCUT2D eigenvalue weighted by Gasteiger charge is -2.17. The fourth-order valence-corrected chi connectivity index (χ4v) is 2.24. The highest BCUT2D eigenvalue weighted by atomic mass is 16.4. The third kappa shape index (κ3) is 4.52. The number of rotatable bonds is 7. The number of hydrogen-bond donors (Lipinski definition) is 3. The van der Waals surface area contributed by atoms with Crippen LogP contribution in [0.3, 0.4) is 0 Å². The molecule has 0 aliphatic carbocycles. The quantitative estimate of drug-likeness (QED) is 0.265. The van der Waals surface area contributed by atoms with Crippen molar-refractivity contribution in [2.24, 2.45) is 16.8 Å². The van der Waals surface area contributed by atoms with E-state index in [2.05, 4.69) is 15.4 Å². The largest absolute Gasteiger partial charge is 0.409 e. The molecule has 6 nitrogen and oxygen atoms in total. The van der Waals surface area contributed by atoms with Crippen LogP contribution in [0.2, 0.25) is 0 Å². The van der Waals surface area contributed by atoms with Gasteiger partial charge in [0.2, 0.25) is 5.91 Å². The molecule has 1 rings (SSSR count). The third-order valence-electron chi connectivity index (χ3n) is 3.29. The molecule has 1 aliphatic rings. The molecule has 1 aliphatic heterocycles. The Morgan fingerprint density at radius 3 is 2.72 bits per heavy atom. The highest BCUT2D eigenvalue weighted by Gasteiger charge is 2.22. The van der Waals surface area contributed by atoms with Crippen LogP contribution in [0.15, 0.2) is 5.16 Å². The smallest absolute Gasteiger partial charge is 0.230 e. The highest BCUT2D eigenvalue weighted by Crippen LogP contribution is 2.08. The topological polar surface area (TPSA) is 91.0 Å². The lowest BCUT2D eigenvalue weighted by Crippen LogP contribution is -2.41. The molecule has 104 valence electrons. The zero-order valence-corrected chi connectivity index (χ0v) is 11.1. The van der Waals surface area contributed by atoms with E-state index in [-0.39, 0.29) is 11.7 Å². The van der Waals surface area contributed by atoms with Gasteiger partial charge < -0.3 is 21.2 Å². The normalized spacial score (nSPS) is 18.8. The van der Waals surface area contributed by atoms with Crippen molar-refractivity contribution >= 4 is 11.7 Å². The van der Waals surface area contributed by atoms with E-state index in [4.69, 9.17) is 10.9 Å². The fourth-order valence-electron chi connectivity index (χ4n) is 2.24. The average molecular weight is 256 g/mol. The monoisotopic (exact) mass is 256 g/mol. The molecule has 0 aromatic heterocycles. The summed E-state index contributed by atoms with van der Waals surface area (Å²) in [7, 11) is 0. The molecule has 0 bridgehead atoms. The van der Waals surface area contributed by atoms with E-state index in [9.17, 15) is 4.79 Å². The second-order valence-electron chi connectivity index (χ2n) is 4.71. The number of carbonyl (C=O) groups excluding carboxylic acids is 1. The summed E-state index contributed by atoms with van der Waals surface area (Å²) in [5, 5.41) is 14.4. The first-order valence-corrected chi connectivity index (χ1v) is 6.66. The second-order valence-corrected chi connectivity index (χ2v) is 4.71. The number of nitrogens with two attached hydrogens (primary N) is 1. The van der Waals surface area contributed by atoms with Gasteiger partial charge in [-0.1, -0.05) is 18.5 Å². The molecule has 0 aromatic rings. The summed E-state index contributed by atoms with van der Waals surface area (Å²) < 4.78 is 0. The molecule has 18 heavy (non-hydrogen) atoms. The van der Waals surface area contributed by atoms with Gasteiger partial charge in [0.1, 0.15) is 0 Å². The summed E-state index contributed by atoms with van der Waals surface area (Å²) in [6, 6.07) is 0. The van der Waals surface area contributed by atoms with E-state index in [1.165, 1.54) is 12.8 Å². The van der Waals surface area contributed by atoms with Crippen molar-refractivity contribution < 1.29 is 10.0 Å². The molecular weight excluding hydrogens is 232 g/mol. The molecule has 1 saturated heterocycles. The molecule has 0 spiro atoms. The minimum Gasteiger partial charge on any atom is -0.409 e. The summed E-state index contributed by atoms with van der Waals surface area (Å²) >= 11 is 0. The van der Waals surface area contributed by atoms with Gasteiger partial charge in [0.25, 0.3) is 0 Å². The standard InChI is InChI=1S/C12H24N4O2/c1-2-5-10(11(13)15-18)12(17)14-6-9-16-7-3-4-8-16/h10,18H,2-9H2,1H3,(H2,13,15)(H,14,17). The Labute approximate surface area is 108 Å². The molecule has 6 heteroatoms. The van der Waals surface area contributed by atoms with E-state index in [0.29, 0.717) is 13.0 Å². The number of carbonyl (C=O) groups is 1. The number of amides is 1. The van der Waals surface area contributed by atoms with Crippen molar-refractivity contribution in [3.63, 3.8) is 0 Å². The first kappa shape index (κ1) is 14.8. The van der Waals surface area contributed by atoms with Crippen LogP contribution in [-0.2, 0) is 4.79 Å². The van der Waals surface area contributed by atoms with Crippen molar-refractivity contribution in [1.82, 2.24) is 10.2 Å². The molecule has 1 atom stereocenters. The Balaban J connectivity index is 2.31. The molecule has 4 N–H and O–H groups in total. The van der Waals surface area contributed by atoms with Gasteiger partial charge in [-0.05, 0) is 32.4 Å². The van der Waals surface area contributed by atoms with Gasteiger partial charge in [0, 0.05) is 13.1 Å². The second kappa shape index (κ2) is 7.92. The molecule has 0 radical (unpaired) electrons. The van der Waals surface area contributed by atoms with Gasteiger partial charge in [-0.2, -0.15) is 0 Å². The number of nitrogens with one attached hydrogen (secondary N) is 1. The number of nitrogens with zero attached hydrogens (tertiary/aromatic N) is 2. The van der Waals surface area contributed by atoms with Crippen LogP contribution < -0.4 is 11.1 Å². The van der Waals surface area contributed by atoms with Crippen molar-refractivity contribution in [3.8, 4) is 0 Å². The molecule has 1 fully saturated rings. The van der Waals surface area contributed by atoms with E-state index < -0.39 is 5.92 Å². The number of amidine groups is 1. The molecule has 1 unspecified atom stereocenters. The third-order valence-corrected chi connectivity index (χ3v) is 3.29. The van der Waals surface area contributed by atoms with Gasteiger partial charge >= 0.3 is 0 Å². The van der Waals surface area contributed by atoms with Crippen molar-refractivity contribution in [3.05, 3.63) is 0 Å². The SMILES string of the molecule is CCCC(C(=O)NCCN1CCCC1)C(N)=NO. The summed E-state index contributed by atoms with van der Waals surface area (Å²) in [5.74, 6) is -0.666. The Kier molecular flexibility index (Phi) is 6.49. The van der Waals surface area contributed by atoms with Gasteiger partial charge in [-0.25, -0.2) is 0 Å². The lowest BCUT2D eigenvalue weighted by molar-refractivity contribution is -0.123. The van der Waals surface area contributed by atoms with Crippen LogP contribution in [0.1, 0.15) is 32.6 Å². The Morgan fingerprint density at radius 2 is 2.17 bits per heavy atom. The predicted octanol–water partition coefficient (Wildman–Crippen LogP) is 0.361. The predicted molar refractivity (Wildman–Crippen MR) is 70.5 cm³/mol. The first-order chi connectivity index (χ1) is 8.69. The van der Waals surface area contributed by atoms with Gasteiger partial charge in [0.15, 0.2) is 5.84 Å². The highest BCUT2D eigenvalue weighted by molar-refractivity contribution is 6.02. The molecule has 1 heterocycles. The van der Waals surface area contributed by atoms with Crippen molar-refractivity contribution in [1.29, 1.82) is 0 Å². The van der Waals surface area contributed by atoms with Gasteiger partial charge in [-0.15, -0.1) is 0 Å². The van der Waals surface area contributed by atoms with E-state index >= 15 is 0 Å². The van der Waals surface area contributed by atoms with E-state index in [0.717, 1.165) is 26.1 Å². The summed E-state index contributed by atoms with van der Waals surface area (Å²) in [4.78, 5) is 14.2. The summed E-state index contributed by atoms with van der Waals surface area (Å²) in [6.07, 6.45) is 3.92. The zero-order valence-electron chi connectivity index (χ0n) is 11.1. The number of oxime groups is 1. The molecule has 0 aromatic carbocycles. The minimum absolute atomic E-state index is 0.00415. The Bertz CT molecular complexity index is 288.